The van der Waals surface area contributed by atoms with Crippen LogP contribution in [0.3, 0.4) is 0 Å². The van der Waals surface area contributed by atoms with Crippen molar-refractivity contribution in [3.8, 4) is 0 Å². The van der Waals surface area contributed by atoms with E-state index in [-0.39, 0.29) is 24.8 Å². The lowest BCUT2D eigenvalue weighted by Crippen LogP contribution is -2.41. The van der Waals surface area contributed by atoms with Gasteiger partial charge in [0.1, 0.15) is 0 Å². The maximum absolute atomic E-state index is 5.30. The number of hydrogen-bond acceptors (Lipinski definition) is 6. The van der Waals surface area contributed by atoms with Crippen molar-refractivity contribution in [2.45, 2.75) is 52.4 Å². The topological polar surface area (TPSA) is 79.3 Å². The second-order valence-corrected chi connectivity index (χ2v) is 8.75. The third-order valence-corrected chi connectivity index (χ3v) is 5.97. The Labute approximate surface area is 216 Å². The van der Waals surface area contributed by atoms with E-state index < -0.39 is 0 Å². The van der Waals surface area contributed by atoms with Gasteiger partial charge >= 0.3 is 0 Å². The molecule has 0 bridgehead atoms. The molecule has 2 rings (SSSR count). The standard InChI is InChI=1S/C20H38N8S2.2ClH/c1-17(23-25-19(29)21-9-15-27-11-5-3-6-12-27)18(2)24-26-20(30)22-10-16-28-13-7-4-8-14-28;;/h3-16H2,1-2H3,(H2,21,25,29)(H2,22,26,30);2*1H. The molecule has 0 aliphatic carbocycles. The third-order valence-electron chi connectivity index (χ3n) is 5.50. The number of hydrazone groups is 2. The van der Waals surface area contributed by atoms with Gasteiger partial charge in [0.25, 0.3) is 0 Å². The molecule has 2 aliphatic rings. The molecule has 186 valence electrons. The Morgan fingerprint density at radius 1 is 0.656 bits per heavy atom. The van der Waals surface area contributed by atoms with Crippen LogP contribution in [0.1, 0.15) is 52.4 Å². The molecule has 2 saturated heterocycles. The second-order valence-electron chi connectivity index (χ2n) is 7.93. The van der Waals surface area contributed by atoms with Gasteiger partial charge in [-0.3, -0.25) is 10.9 Å². The van der Waals surface area contributed by atoms with Crippen molar-refractivity contribution < 1.29 is 0 Å². The fourth-order valence-electron chi connectivity index (χ4n) is 3.53. The Kier molecular flexibility index (Phi) is 18.2. The van der Waals surface area contributed by atoms with Crippen molar-refractivity contribution >= 4 is 70.9 Å². The average molecular weight is 528 g/mol. The van der Waals surface area contributed by atoms with Crippen LogP contribution in [0.5, 0.6) is 0 Å². The number of nitrogens with zero attached hydrogens (tertiary/aromatic N) is 4. The van der Waals surface area contributed by atoms with E-state index in [2.05, 4.69) is 41.5 Å². The van der Waals surface area contributed by atoms with Crippen molar-refractivity contribution in [3.05, 3.63) is 0 Å². The summed E-state index contributed by atoms with van der Waals surface area (Å²) >= 11 is 10.6. The molecule has 2 heterocycles. The van der Waals surface area contributed by atoms with Gasteiger partial charge in [-0.05, 0) is 90.1 Å². The quantitative estimate of drug-likeness (QED) is 0.207. The highest BCUT2D eigenvalue weighted by molar-refractivity contribution is 7.80. The zero-order valence-corrected chi connectivity index (χ0v) is 22.6. The molecule has 4 N–H and O–H groups in total. The largest absolute Gasteiger partial charge is 0.360 e. The summed E-state index contributed by atoms with van der Waals surface area (Å²) in [6.45, 7) is 12.2. The number of nitrogens with one attached hydrogen (secondary N) is 4. The van der Waals surface area contributed by atoms with Gasteiger partial charge in [-0.2, -0.15) is 10.2 Å². The number of hydrogen-bond donors (Lipinski definition) is 4. The van der Waals surface area contributed by atoms with E-state index in [9.17, 15) is 0 Å². The zero-order valence-electron chi connectivity index (χ0n) is 19.3. The molecule has 0 spiro atoms. The second kappa shape index (κ2) is 18.6. The first-order chi connectivity index (χ1) is 14.5. The van der Waals surface area contributed by atoms with E-state index >= 15 is 0 Å². The molecular weight excluding hydrogens is 487 g/mol. The highest BCUT2D eigenvalue weighted by Crippen LogP contribution is 2.07. The molecule has 0 radical (unpaired) electrons. The van der Waals surface area contributed by atoms with Gasteiger partial charge in [-0.25, -0.2) is 0 Å². The summed E-state index contributed by atoms with van der Waals surface area (Å²) in [5, 5.41) is 16.1. The van der Waals surface area contributed by atoms with Gasteiger partial charge in [0.15, 0.2) is 10.2 Å². The molecule has 0 amide bonds. The van der Waals surface area contributed by atoms with Crippen molar-refractivity contribution in [1.82, 2.24) is 31.3 Å². The van der Waals surface area contributed by atoms with Gasteiger partial charge in [-0.1, -0.05) is 12.8 Å². The molecule has 0 unspecified atom stereocenters. The summed E-state index contributed by atoms with van der Waals surface area (Å²) in [6, 6.07) is 0. The summed E-state index contributed by atoms with van der Waals surface area (Å²) < 4.78 is 0. The number of piperidine rings is 2. The van der Waals surface area contributed by atoms with E-state index in [0.29, 0.717) is 10.2 Å². The van der Waals surface area contributed by atoms with Gasteiger partial charge in [0.2, 0.25) is 0 Å². The normalized spacial score (nSPS) is 18.1. The molecule has 0 atom stereocenters. The van der Waals surface area contributed by atoms with Gasteiger partial charge in [0.05, 0.1) is 11.4 Å². The van der Waals surface area contributed by atoms with Gasteiger partial charge in [0, 0.05) is 26.2 Å². The Bertz CT molecular complexity index is 554. The zero-order chi connectivity index (χ0) is 21.6. The van der Waals surface area contributed by atoms with Crippen LogP contribution < -0.4 is 21.5 Å². The van der Waals surface area contributed by atoms with Gasteiger partial charge in [-0.15, -0.1) is 24.8 Å². The van der Waals surface area contributed by atoms with Gasteiger partial charge < -0.3 is 20.4 Å². The molecule has 0 aromatic carbocycles. The van der Waals surface area contributed by atoms with E-state index in [1.165, 1.54) is 64.7 Å². The Hall–Kier alpha value is -0.780. The summed E-state index contributed by atoms with van der Waals surface area (Å²) in [4.78, 5) is 4.94. The smallest absolute Gasteiger partial charge is 0.187 e. The van der Waals surface area contributed by atoms with E-state index in [0.717, 1.165) is 37.6 Å². The molecule has 12 heteroatoms. The van der Waals surface area contributed by atoms with E-state index in [1.54, 1.807) is 0 Å². The fourth-order valence-corrected chi connectivity index (χ4v) is 3.83. The van der Waals surface area contributed by atoms with Crippen LogP contribution in [-0.4, -0.2) is 83.8 Å². The summed E-state index contributed by atoms with van der Waals surface area (Å²) in [6.07, 6.45) is 7.92. The van der Waals surface area contributed by atoms with Crippen LogP contribution >= 0.6 is 49.2 Å². The number of thiocarbonyl (C=S) groups is 2. The lowest BCUT2D eigenvalue weighted by Gasteiger charge is -2.26. The lowest BCUT2D eigenvalue weighted by atomic mass is 10.1. The SMILES string of the molecule is CC(=NNC(=S)NCCN1CCCCC1)C(C)=NNC(=S)NCCN1CCCCC1.Cl.Cl. The Morgan fingerprint density at radius 3 is 1.34 bits per heavy atom. The van der Waals surface area contributed by atoms with Crippen molar-refractivity contribution in [3.63, 3.8) is 0 Å². The monoisotopic (exact) mass is 526 g/mol. The molecule has 8 nitrogen and oxygen atoms in total. The number of halogens is 2. The van der Waals surface area contributed by atoms with Crippen LogP contribution in [0.4, 0.5) is 0 Å². The van der Waals surface area contributed by atoms with Crippen molar-refractivity contribution in [2.24, 2.45) is 10.2 Å². The van der Waals surface area contributed by atoms with Crippen LogP contribution in [0.2, 0.25) is 0 Å². The Balaban J connectivity index is 0.00000480. The van der Waals surface area contributed by atoms with Crippen LogP contribution in [-0.2, 0) is 0 Å². The van der Waals surface area contributed by atoms with E-state index in [4.69, 9.17) is 24.4 Å². The number of likely N-dealkylation sites (tertiary alicyclic amines) is 2. The predicted octanol–water partition coefficient (Wildman–Crippen LogP) is 2.48. The average Bonchev–Trinajstić information content (AvgIpc) is 2.77. The summed E-state index contributed by atoms with van der Waals surface area (Å²) in [5.74, 6) is 0. The first-order valence-electron chi connectivity index (χ1n) is 11.2. The minimum absolute atomic E-state index is 0. The minimum atomic E-state index is 0. The highest BCUT2D eigenvalue weighted by Gasteiger charge is 2.10. The van der Waals surface area contributed by atoms with Crippen molar-refractivity contribution in [1.29, 1.82) is 0 Å². The first kappa shape index (κ1) is 31.2. The first-order valence-corrected chi connectivity index (χ1v) is 12.0. The number of rotatable bonds is 9. The lowest BCUT2D eigenvalue weighted by molar-refractivity contribution is 0.232. The molecule has 2 fully saturated rings. The van der Waals surface area contributed by atoms with Crippen LogP contribution in [0, 0.1) is 0 Å². The Morgan fingerprint density at radius 2 is 1.00 bits per heavy atom. The van der Waals surface area contributed by atoms with Crippen molar-refractivity contribution in [2.75, 3.05) is 52.4 Å². The molecule has 0 aromatic heterocycles. The molecule has 0 saturated carbocycles. The van der Waals surface area contributed by atoms with Crippen LogP contribution in [0.25, 0.3) is 0 Å². The van der Waals surface area contributed by atoms with Crippen LogP contribution in [0.15, 0.2) is 10.2 Å². The molecular formula is C20H40Cl2N8S2. The third kappa shape index (κ3) is 13.7. The summed E-state index contributed by atoms with van der Waals surface area (Å²) in [7, 11) is 0. The highest BCUT2D eigenvalue weighted by atomic mass is 35.5. The summed E-state index contributed by atoms with van der Waals surface area (Å²) in [5.41, 5.74) is 7.27. The molecule has 2 aliphatic heterocycles. The maximum Gasteiger partial charge on any atom is 0.187 e. The van der Waals surface area contributed by atoms with E-state index in [1.807, 2.05) is 13.8 Å². The maximum atomic E-state index is 5.30. The molecule has 0 aromatic rings. The molecule has 32 heavy (non-hydrogen) atoms. The minimum Gasteiger partial charge on any atom is -0.360 e. The fraction of sp³-hybridized carbons (Fsp3) is 0.800. The predicted molar refractivity (Wildman–Crippen MR) is 149 cm³/mol.